The smallest absolute Gasteiger partial charge is 0.305 e. The van der Waals surface area contributed by atoms with Gasteiger partial charge in [0.15, 0.2) is 5.69 Å². The number of carbonyl (C=O) groups is 2. The largest absolute Gasteiger partial charge is 0.376 e. The van der Waals surface area contributed by atoms with E-state index < -0.39 is 21.2 Å². The number of nitrogens with zero attached hydrogens (tertiary/aromatic N) is 3. The third-order valence-electron chi connectivity index (χ3n) is 5.59. The van der Waals surface area contributed by atoms with Crippen LogP contribution in [0.2, 0.25) is 0 Å². The summed E-state index contributed by atoms with van der Waals surface area (Å²) in [4.78, 5) is 26.0. The van der Waals surface area contributed by atoms with Gasteiger partial charge in [-0.2, -0.15) is 9.46 Å². The van der Waals surface area contributed by atoms with Gasteiger partial charge >= 0.3 is 5.91 Å². The van der Waals surface area contributed by atoms with Crippen molar-refractivity contribution in [2.45, 2.75) is 38.4 Å². The van der Waals surface area contributed by atoms with Crippen molar-refractivity contribution in [3.63, 3.8) is 0 Å². The summed E-state index contributed by atoms with van der Waals surface area (Å²) in [6.45, 7) is 4.04. The van der Waals surface area contributed by atoms with Gasteiger partial charge < -0.3 is 14.4 Å². The van der Waals surface area contributed by atoms with Crippen LogP contribution in [0.15, 0.2) is 4.36 Å². The normalized spacial score (nSPS) is 30.8. The first-order valence-corrected chi connectivity index (χ1v) is 11.1. The van der Waals surface area contributed by atoms with Gasteiger partial charge in [-0.15, -0.1) is 0 Å². The van der Waals surface area contributed by atoms with Crippen molar-refractivity contribution in [1.29, 1.82) is 0 Å². The standard InChI is InChI=1S/C17H24N4O5S/c1-12(22)21-5-7-26-17(11-21)3-8-27(24,9-4-17)20-16(23)15-13-10-25-6-2-14(13)18-19-15/h2-11H2,1H3,(H,18,19). The summed E-state index contributed by atoms with van der Waals surface area (Å²) in [5.74, 6) is 0.0459. The molecule has 1 aromatic heterocycles. The molecular weight excluding hydrogens is 372 g/mol. The summed E-state index contributed by atoms with van der Waals surface area (Å²) in [6, 6.07) is 0. The van der Waals surface area contributed by atoms with Gasteiger partial charge in [-0.3, -0.25) is 14.7 Å². The minimum absolute atomic E-state index is 0.0226. The van der Waals surface area contributed by atoms with Gasteiger partial charge in [-0.1, -0.05) is 0 Å². The van der Waals surface area contributed by atoms with E-state index >= 15 is 0 Å². The average molecular weight is 396 g/mol. The molecule has 3 aliphatic rings. The van der Waals surface area contributed by atoms with E-state index in [4.69, 9.17) is 9.47 Å². The van der Waals surface area contributed by atoms with Crippen LogP contribution in [0.25, 0.3) is 0 Å². The van der Waals surface area contributed by atoms with Gasteiger partial charge in [0.25, 0.3) is 0 Å². The molecule has 148 valence electrons. The molecule has 0 aliphatic carbocycles. The Balaban J connectivity index is 1.49. The van der Waals surface area contributed by atoms with E-state index in [2.05, 4.69) is 14.6 Å². The SMILES string of the molecule is CC(=O)N1CCOC2(CCS(=O)(=NC(=O)c3n[nH]c4c3COCC4)CC2)C1. The number of morpholine rings is 1. The molecule has 0 radical (unpaired) electrons. The fourth-order valence-electron chi connectivity index (χ4n) is 3.91. The summed E-state index contributed by atoms with van der Waals surface area (Å²) < 4.78 is 28.5. The highest BCUT2D eigenvalue weighted by Gasteiger charge is 2.42. The van der Waals surface area contributed by atoms with Crippen LogP contribution in [0.1, 0.15) is 41.5 Å². The van der Waals surface area contributed by atoms with Crippen molar-refractivity contribution >= 4 is 21.5 Å². The molecule has 0 atom stereocenters. The second-order valence-corrected chi connectivity index (χ2v) is 9.93. The molecule has 0 bridgehead atoms. The molecule has 1 spiro atoms. The molecule has 4 heterocycles. The maximum Gasteiger partial charge on any atom is 0.305 e. The third kappa shape index (κ3) is 3.65. The number of hydrogen-bond donors (Lipinski definition) is 1. The summed E-state index contributed by atoms with van der Waals surface area (Å²) in [6.07, 6.45) is 1.72. The molecule has 2 amide bonds. The fourth-order valence-corrected chi connectivity index (χ4v) is 6.07. The maximum atomic E-state index is 13.1. The number of aromatic amines is 1. The van der Waals surface area contributed by atoms with E-state index in [9.17, 15) is 13.8 Å². The lowest BCUT2D eigenvalue weighted by Crippen LogP contribution is -2.56. The van der Waals surface area contributed by atoms with Gasteiger partial charge in [0.1, 0.15) is 0 Å². The number of fused-ring (bicyclic) bond motifs is 1. The molecule has 3 aliphatic heterocycles. The first-order chi connectivity index (χ1) is 12.9. The minimum Gasteiger partial charge on any atom is -0.376 e. The molecule has 10 heteroatoms. The number of amides is 2. The Hall–Kier alpha value is -1.78. The van der Waals surface area contributed by atoms with E-state index in [1.165, 1.54) is 0 Å². The molecule has 2 fully saturated rings. The van der Waals surface area contributed by atoms with Crippen molar-refractivity contribution in [3.8, 4) is 0 Å². The molecule has 1 aromatic rings. The molecule has 1 N–H and O–H groups in total. The highest BCUT2D eigenvalue weighted by molar-refractivity contribution is 7.93. The molecule has 27 heavy (non-hydrogen) atoms. The molecule has 0 saturated carbocycles. The fraction of sp³-hybridized carbons (Fsp3) is 0.706. The zero-order valence-electron chi connectivity index (χ0n) is 15.4. The van der Waals surface area contributed by atoms with E-state index in [1.54, 1.807) is 11.8 Å². The van der Waals surface area contributed by atoms with Crippen LogP contribution in [0.5, 0.6) is 0 Å². The quantitative estimate of drug-likeness (QED) is 0.739. The first kappa shape index (κ1) is 18.6. The number of H-pyrrole nitrogens is 1. The van der Waals surface area contributed by atoms with Crippen LogP contribution in [0.3, 0.4) is 0 Å². The van der Waals surface area contributed by atoms with E-state index in [-0.39, 0.29) is 23.1 Å². The summed E-state index contributed by atoms with van der Waals surface area (Å²) in [5, 5.41) is 6.92. The average Bonchev–Trinajstić information content (AvgIpc) is 3.09. The van der Waals surface area contributed by atoms with Gasteiger partial charge in [0, 0.05) is 49.2 Å². The summed E-state index contributed by atoms with van der Waals surface area (Å²) >= 11 is 0. The minimum atomic E-state index is -2.66. The number of carbonyl (C=O) groups excluding carboxylic acids is 2. The third-order valence-corrected chi connectivity index (χ3v) is 7.78. The highest BCUT2D eigenvalue weighted by Crippen LogP contribution is 2.32. The zero-order chi connectivity index (χ0) is 19.1. The van der Waals surface area contributed by atoms with Gasteiger partial charge in [0.05, 0.1) is 35.2 Å². The Morgan fingerprint density at radius 2 is 2.07 bits per heavy atom. The molecule has 9 nitrogen and oxygen atoms in total. The second-order valence-electron chi connectivity index (χ2n) is 7.38. The van der Waals surface area contributed by atoms with Gasteiger partial charge in [-0.05, 0) is 12.8 Å². The predicted molar refractivity (Wildman–Crippen MR) is 96.8 cm³/mol. The lowest BCUT2D eigenvalue weighted by molar-refractivity contribution is -0.150. The number of hydrogen-bond acceptors (Lipinski definition) is 6. The van der Waals surface area contributed by atoms with Crippen molar-refractivity contribution in [2.24, 2.45) is 4.36 Å². The van der Waals surface area contributed by atoms with Crippen LogP contribution >= 0.6 is 0 Å². The molecule has 2 saturated heterocycles. The van der Waals surface area contributed by atoms with E-state index in [1.807, 2.05) is 0 Å². The van der Waals surface area contributed by atoms with Crippen molar-refractivity contribution < 1.29 is 23.3 Å². The Morgan fingerprint density at radius 1 is 1.30 bits per heavy atom. The Morgan fingerprint density at radius 3 is 2.81 bits per heavy atom. The van der Waals surface area contributed by atoms with Crippen LogP contribution < -0.4 is 0 Å². The Bertz CT molecular complexity index is 872. The predicted octanol–water partition coefficient (Wildman–Crippen LogP) is 0.502. The van der Waals surface area contributed by atoms with Crippen molar-refractivity contribution in [2.75, 3.05) is 37.8 Å². The topological polar surface area (TPSA) is 114 Å². The van der Waals surface area contributed by atoms with Gasteiger partial charge in [-0.25, -0.2) is 4.21 Å². The molecule has 0 aromatic carbocycles. The lowest BCUT2D eigenvalue weighted by atomic mass is 9.94. The van der Waals surface area contributed by atoms with Crippen LogP contribution in [-0.2, 0) is 37.0 Å². The van der Waals surface area contributed by atoms with Crippen molar-refractivity contribution in [1.82, 2.24) is 15.1 Å². The van der Waals surface area contributed by atoms with Crippen molar-refractivity contribution in [3.05, 3.63) is 17.0 Å². The Labute approximate surface area is 158 Å². The highest BCUT2D eigenvalue weighted by atomic mass is 32.2. The maximum absolute atomic E-state index is 13.1. The molecular formula is C17H24N4O5S. The number of nitrogens with one attached hydrogen (secondary N) is 1. The van der Waals surface area contributed by atoms with Crippen LogP contribution in [0.4, 0.5) is 0 Å². The molecule has 4 rings (SSSR count). The van der Waals surface area contributed by atoms with E-state index in [0.29, 0.717) is 52.2 Å². The lowest BCUT2D eigenvalue weighted by Gasteiger charge is -2.45. The monoisotopic (exact) mass is 396 g/mol. The second kappa shape index (κ2) is 6.99. The van der Waals surface area contributed by atoms with Crippen LogP contribution in [-0.4, -0.2) is 74.5 Å². The van der Waals surface area contributed by atoms with E-state index in [0.717, 1.165) is 11.3 Å². The summed E-state index contributed by atoms with van der Waals surface area (Å²) in [5.41, 5.74) is 1.35. The molecule has 0 unspecified atom stereocenters. The summed E-state index contributed by atoms with van der Waals surface area (Å²) in [7, 11) is -2.66. The number of rotatable bonds is 1. The first-order valence-electron chi connectivity index (χ1n) is 9.20. The van der Waals surface area contributed by atoms with Crippen LogP contribution in [0, 0.1) is 0 Å². The Kier molecular flexibility index (Phi) is 4.81. The zero-order valence-corrected chi connectivity index (χ0v) is 16.2. The number of aromatic nitrogens is 2. The van der Waals surface area contributed by atoms with Gasteiger partial charge in [0.2, 0.25) is 5.91 Å². The number of ether oxygens (including phenoxy) is 2.